The highest BCUT2D eigenvalue weighted by Gasteiger charge is 2.24. The van der Waals surface area contributed by atoms with Crippen LogP contribution in [0.1, 0.15) is 21.5 Å². The minimum atomic E-state index is -3.52. The van der Waals surface area contributed by atoms with Crippen molar-refractivity contribution < 1.29 is 17.4 Å². The summed E-state index contributed by atoms with van der Waals surface area (Å²) in [5, 5.41) is 0. The molecule has 0 saturated carbocycles. The van der Waals surface area contributed by atoms with Crippen molar-refractivity contribution >= 4 is 16.0 Å². The maximum absolute atomic E-state index is 11.6. The third kappa shape index (κ3) is 2.32. The maximum atomic E-state index is 11.6. The van der Waals surface area contributed by atoms with Gasteiger partial charge in [-0.1, -0.05) is 12.1 Å². The summed E-state index contributed by atoms with van der Waals surface area (Å²) in [5.41, 5.74) is 2.14. The first-order valence-corrected chi connectivity index (χ1v) is 6.66. The van der Waals surface area contributed by atoms with Crippen molar-refractivity contribution in [2.45, 2.75) is 12.3 Å². The molecule has 0 fully saturated rings. The zero-order valence-electron chi connectivity index (χ0n) is 9.63. The Morgan fingerprint density at radius 2 is 2.12 bits per heavy atom. The van der Waals surface area contributed by atoms with Crippen LogP contribution >= 0.6 is 0 Å². The highest BCUT2D eigenvalue weighted by molar-refractivity contribution is 7.85. The number of carbonyl (C=O) groups excluding carboxylic acids is 1. The van der Waals surface area contributed by atoms with E-state index in [2.05, 4.69) is 4.18 Å². The van der Waals surface area contributed by atoms with E-state index >= 15 is 0 Å². The van der Waals surface area contributed by atoms with Gasteiger partial charge in [0, 0.05) is 19.2 Å². The Bertz CT molecular complexity index is 565. The normalized spacial score (nSPS) is 15.2. The molecule has 0 atom stereocenters. The fourth-order valence-electron chi connectivity index (χ4n) is 1.87. The molecule has 1 heterocycles. The summed E-state index contributed by atoms with van der Waals surface area (Å²) >= 11 is 0. The van der Waals surface area contributed by atoms with Gasteiger partial charge in [-0.3, -0.25) is 8.98 Å². The quantitative estimate of drug-likeness (QED) is 0.748. The molecule has 1 aromatic carbocycles. The molecule has 1 aliphatic rings. The summed E-state index contributed by atoms with van der Waals surface area (Å²) in [7, 11) is -0.660. The Morgan fingerprint density at radius 1 is 1.41 bits per heavy atom. The Hall–Kier alpha value is -1.40. The summed E-state index contributed by atoms with van der Waals surface area (Å²) in [5.74, 6) is -0.199. The standard InChI is InChI=1S/C11H13NO4S/c1-12-6-9-5-8(7-17(14,15)16-2)3-4-10(9)11(12)13/h3-5H,6-7H2,1-2H3. The Kier molecular flexibility index (Phi) is 2.92. The first-order valence-electron chi connectivity index (χ1n) is 5.08. The second kappa shape index (κ2) is 4.12. The van der Waals surface area contributed by atoms with Crippen molar-refractivity contribution in [2.24, 2.45) is 0 Å². The number of amides is 1. The van der Waals surface area contributed by atoms with Gasteiger partial charge in [-0.15, -0.1) is 0 Å². The van der Waals surface area contributed by atoms with Gasteiger partial charge in [0.25, 0.3) is 16.0 Å². The minimum Gasteiger partial charge on any atom is -0.337 e. The molecule has 92 valence electrons. The second-order valence-electron chi connectivity index (χ2n) is 4.02. The zero-order valence-corrected chi connectivity index (χ0v) is 10.5. The molecule has 5 nitrogen and oxygen atoms in total. The molecule has 1 amide bonds. The van der Waals surface area contributed by atoms with Gasteiger partial charge in [0.05, 0.1) is 7.11 Å². The van der Waals surface area contributed by atoms with Gasteiger partial charge < -0.3 is 4.90 Å². The lowest BCUT2D eigenvalue weighted by atomic mass is 10.1. The van der Waals surface area contributed by atoms with E-state index in [1.807, 2.05) is 0 Å². The van der Waals surface area contributed by atoms with Crippen LogP contribution in [0.5, 0.6) is 0 Å². The number of rotatable bonds is 3. The molecule has 6 heteroatoms. The topological polar surface area (TPSA) is 63.7 Å². The van der Waals surface area contributed by atoms with Crippen LogP contribution in [0.3, 0.4) is 0 Å². The van der Waals surface area contributed by atoms with E-state index in [0.29, 0.717) is 17.7 Å². The lowest BCUT2D eigenvalue weighted by molar-refractivity contribution is 0.0816. The minimum absolute atomic E-state index is 0.0267. The largest absolute Gasteiger partial charge is 0.337 e. The van der Waals surface area contributed by atoms with Crippen molar-refractivity contribution in [3.8, 4) is 0 Å². The molecular weight excluding hydrogens is 242 g/mol. The maximum Gasteiger partial charge on any atom is 0.271 e. The van der Waals surface area contributed by atoms with E-state index in [9.17, 15) is 13.2 Å². The molecule has 1 aliphatic heterocycles. The number of nitrogens with zero attached hydrogens (tertiary/aromatic N) is 1. The van der Waals surface area contributed by atoms with Gasteiger partial charge in [0.15, 0.2) is 0 Å². The van der Waals surface area contributed by atoms with Gasteiger partial charge in [-0.05, 0) is 17.2 Å². The Balaban J connectivity index is 2.31. The monoisotopic (exact) mass is 255 g/mol. The lowest BCUT2D eigenvalue weighted by Gasteiger charge is -2.04. The van der Waals surface area contributed by atoms with Crippen molar-refractivity contribution in [2.75, 3.05) is 14.2 Å². The van der Waals surface area contributed by atoms with E-state index < -0.39 is 10.1 Å². The molecule has 0 spiro atoms. The molecule has 0 unspecified atom stereocenters. The fourth-order valence-corrected chi connectivity index (χ4v) is 2.58. The number of hydrogen-bond acceptors (Lipinski definition) is 4. The molecule has 0 saturated heterocycles. The summed E-state index contributed by atoms with van der Waals surface area (Å²) in [6, 6.07) is 5.06. The van der Waals surface area contributed by atoms with Crippen molar-refractivity contribution in [1.82, 2.24) is 4.90 Å². The first-order chi connectivity index (χ1) is 7.93. The zero-order chi connectivity index (χ0) is 12.6. The van der Waals surface area contributed by atoms with Gasteiger partial charge in [0.1, 0.15) is 5.75 Å². The lowest BCUT2D eigenvalue weighted by Crippen LogP contribution is -2.17. The first kappa shape index (κ1) is 12.1. The number of hydrogen-bond donors (Lipinski definition) is 0. The smallest absolute Gasteiger partial charge is 0.271 e. The molecule has 17 heavy (non-hydrogen) atoms. The van der Waals surface area contributed by atoms with Gasteiger partial charge in [-0.2, -0.15) is 8.42 Å². The van der Waals surface area contributed by atoms with E-state index in [1.54, 1.807) is 30.1 Å². The summed E-state index contributed by atoms with van der Waals surface area (Å²) < 4.78 is 27.0. The molecule has 0 aromatic heterocycles. The predicted molar refractivity (Wildman–Crippen MR) is 61.9 cm³/mol. The van der Waals surface area contributed by atoms with Crippen molar-refractivity contribution in [3.63, 3.8) is 0 Å². The fraction of sp³-hybridized carbons (Fsp3) is 0.364. The summed E-state index contributed by atoms with van der Waals surface area (Å²) in [4.78, 5) is 13.2. The summed E-state index contributed by atoms with van der Waals surface area (Å²) in [6.07, 6.45) is 0. The second-order valence-corrected chi connectivity index (χ2v) is 5.76. The van der Waals surface area contributed by atoms with Crippen molar-refractivity contribution in [3.05, 3.63) is 34.9 Å². The van der Waals surface area contributed by atoms with Crippen LogP contribution in [0.15, 0.2) is 18.2 Å². The Labute approximate surface area is 100 Å². The van der Waals surface area contributed by atoms with E-state index in [4.69, 9.17) is 0 Å². The highest BCUT2D eigenvalue weighted by atomic mass is 32.2. The summed E-state index contributed by atoms with van der Waals surface area (Å²) in [6.45, 7) is 0.523. The molecule has 0 N–H and O–H groups in total. The van der Waals surface area contributed by atoms with Gasteiger partial charge in [0.2, 0.25) is 0 Å². The number of carbonyl (C=O) groups is 1. The van der Waals surface area contributed by atoms with Crippen LogP contribution in [-0.2, 0) is 26.6 Å². The Morgan fingerprint density at radius 3 is 2.76 bits per heavy atom. The van der Waals surface area contributed by atoms with Gasteiger partial charge in [-0.25, -0.2) is 0 Å². The van der Waals surface area contributed by atoms with Crippen LogP contribution in [0.4, 0.5) is 0 Å². The van der Waals surface area contributed by atoms with Crippen LogP contribution < -0.4 is 0 Å². The van der Waals surface area contributed by atoms with Crippen LogP contribution in [0.25, 0.3) is 0 Å². The molecular formula is C11H13NO4S. The molecule has 2 rings (SSSR count). The average Bonchev–Trinajstić information content (AvgIpc) is 2.54. The van der Waals surface area contributed by atoms with Crippen LogP contribution in [0, 0.1) is 0 Å². The van der Waals surface area contributed by atoms with Gasteiger partial charge >= 0.3 is 0 Å². The highest BCUT2D eigenvalue weighted by Crippen LogP contribution is 2.23. The van der Waals surface area contributed by atoms with Crippen LogP contribution in [0.2, 0.25) is 0 Å². The molecule has 1 aromatic rings. The predicted octanol–water partition coefficient (Wildman–Crippen LogP) is 0.748. The van der Waals surface area contributed by atoms with E-state index in [1.165, 1.54) is 0 Å². The molecule has 0 aliphatic carbocycles. The number of fused-ring (bicyclic) bond motifs is 1. The third-order valence-corrected chi connectivity index (χ3v) is 3.95. The molecule has 0 radical (unpaired) electrons. The molecule has 0 bridgehead atoms. The SMILES string of the molecule is COS(=O)(=O)Cc1ccc2c(c1)CN(C)C2=O. The third-order valence-electron chi connectivity index (χ3n) is 2.75. The average molecular weight is 255 g/mol. The van der Waals surface area contributed by atoms with E-state index in [-0.39, 0.29) is 11.7 Å². The number of benzene rings is 1. The van der Waals surface area contributed by atoms with Crippen LogP contribution in [-0.4, -0.2) is 33.4 Å². The van der Waals surface area contributed by atoms with E-state index in [0.717, 1.165) is 12.7 Å². The van der Waals surface area contributed by atoms with Crippen molar-refractivity contribution in [1.29, 1.82) is 0 Å².